The highest BCUT2D eigenvalue weighted by molar-refractivity contribution is 5.74. The van der Waals surface area contributed by atoms with E-state index in [4.69, 9.17) is 9.72 Å². The molecule has 0 saturated heterocycles. The van der Waals surface area contributed by atoms with E-state index in [0.717, 1.165) is 16.7 Å². The number of hydrogen-bond acceptors (Lipinski definition) is 4. The molecule has 0 unspecified atom stereocenters. The predicted molar refractivity (Wildman–Crippen MR) is 97.0 cm³/mol. The van der Waals surface area contributed by atoms with Crippen molar-refractivity contribution in [3.05, 3.63) is 71.3 Å². The summed E-state index contributed by atoms with van der Waals surface area (Å²) in [5.41, 5.74) is 5.16. The number of methoxy groups -OCH3 is 1. The smallest absolute Gasteiger partial charge is 0.119 e. The van der Waals surface area contributed by atoms with Crippen molar-refractivity contribution in [1.29, 1.82) is 5.26 Å². The van der Waals surface area contributed by atoms with E-state index in [9.17, 15) is 10.4 Å². The molecule has 1 heterocycles. The Kier molecular flexibility index (Phi) is 4.78. The first kappa shape index (κ1) is 16.7. The van der Waals surface area contributed by atoms with Crippen LogP contribution in [0.15, 0.2) is 54.6 Å². The van der Waals surface area contributed by atoms with Gasteiger partial charge in [0.1, 0.15) is 11.8 Å². The second-order valence-electron chi connectivity index (χ2n) is 5.76. The van der Waals surface area contributed by atoms with Crippen molar-refractivity contribution < 1.29 is 9.84 Å². The van der Waals surface area contributed by atoms with Gasteiger partial charge < -0.3 is 9.84 Å². The molecular weight excluding hydrogens is 312 g/mol. The van der Waals surface area contributed by atoms with Crippen molar-refractivity contribution in [3.8, 4) is 34.3 Å². The molecule has 3 rings (SSSR count). The highest BCUT2D eigenvalue weighted by atomic mass is 16.5. The number of hydrogen-bond donors (Lipinski definition) is 1. The summed E-state index contributed by atoms with van der Waals surface area (Å²) >= 11 is 0. The molecule has 1 aromatic heterocycles. The number of nitrogens with zero attached hydrogens (tertiary/aromatic N) is 2. The lowest BCUT2D eigenvalue weighted by Gasteiger charge is -2.13. The molecule has 4 nitrogen and oxygen atoms in total. The Morgan fingerprint density at radius 1 is 1.04 bits per heavy atom. The average molecular weight is 330 g/mol. The van der Waals surface area contributed by atoms with E-state index in [2.05, 4.69) is 6.07 Å². The van der Waals surface area contributed by atoms with Gasteiger partial charge in [0.05, 0.1) is 30.7 Å². The van der Waals surface area contributed by atoms with Crippen LogP contribution >= 0.6 is 0 Å². The molecule has 0 spiro atoms. The maximum atomic E-state index is 9.74. The number of aliphatic hydroxyl groups is 1. The van der Waals surface area contributed by atoms with Crippen LogP contribution in [0.2, 0.25) is 0 Å². The Balaban J connectivity index is 2.22. The molecule has 0 aliphatic rings. The minimum atomic E-state index is -0.192. The zero-order valence-corrected chi connectivity index (χ0v) is 14.2. The monoisotopic (exact) mass is 330 g/mol. The van der Waals surface area contributed by atoms with Crippen molar-refractivity contribution in [3.63, 3.8) is 0 Å². The van der Waals surface area contributed by atoms with Gasteiger partial charge in [0, 0.05) is 16.7 Å². The third kappa shape index (κ3) is 3.37. The van der Waals surface area contributed by atoms with Gasteiger partial charge in [-0.1, -0.05) is 42.0 Å². The number of aryl methyl sites for hydroxylation is 1. The molecule has 25 heavy (non-hydrogen) atoms. The quantitative estimate of drug-likeness (QED) is 0.782. The number of rotatable bonds is 4. The van der Waals surface area contributed by atoms with Crippen LogP contribution in [0, 0.1) is 18.3 Å². The molecule has 3 aromatic rings. The van der Waals surface area contributed by atoms with Crippen LogP contribution in [-0.4, -0.2) is 17.2 Å². The molecule has 0 aliphatic heterocycles. The Morgan fingerprint density at radius 3 is 2.44 bits per heavy atom. The molecule has 0 saturated carbocycles. The summed E-state index contributed by atoms with van der Waals surface area (Å²) in [6, 6.07) is 19.3. The third-order valence-corrected chi connectivity index (χ3v) is 4.06. The standard InChI is InChI=1S/C21H18N2O2/c1-14-6-8-15(9-7-14)20-17(12-22)10-18(13-24)21(23-20)16-4-3-5-19(11-16)25-2/h3-11,24H,13H2,1-2H3. The van der Waals surface area contributed by atoms with Crippen LogP contribution < -0.4 is 4.74 Å². The maximum absolute atomic E-state index is 9.74. The lowest BCUT2D eigenvalue weighted by Crippen LogP contribution is -1.99. The Morgan fingerprint density at radius 2 is 1.80 bits per heavy atom. The van der Waals surface area contributed by atoms with Crippen molar-refractivity contribution in [2.45, 2.75) is 13.5 Å². The van der Waals surface area contributed by atoms with Gasteiger partial charge in [-0.15, -0.1) is 0 Å². The molecule has 4 heteroatoms. The highest BCUT2D eigenvalue weighted by Crippen LogP contribution is 2.31. The molecular formula is C21H18N2O2. The minimum absolute atomic E-state index is 0.192. The van der Waals surface area contributed by atoms with E-state index in [0.29, 0.717) is 28.3 Å². The second-order valence-corrected chi connectivity index (χ2v) is 5.76. The molecule has 1 N–H and O–H groups in total. The third-order valence-electron chi connectivity index (χ3n) is 4.06. The first-order chi connectivity index (χ1) is 12.2. The summed E-state index contributed by atoms with van der Waals surface area (Å²) in [4.78, 5) is 4.72. The van der Waals surface area contributed by atoms with Crippen molar-refractivity contribution in [2.24, 2.45) is 0 Å². The Labute approximate surface area is 147 Å². The van der Waals surface area contributed by atoms with Gasteiger partial charge in [0.25, 0.3) is 0 Å². The van der Waals surface area contributed by atoms with Crippen LogP contribution in [-0.2, 0) is 6.61 Å². The summed E-state index contributed by atoms with van der Waals surface area (Å²) in [5.74, 6) is 0.712. The first-order valence-corrected chi connectivity index (χ1v) is 7.92. The summed E-state index contributed by atoms with van der Waals surface area (Å²) in [5, 5.41) is 19.2. The van der Waals surface area contributed by atoms with Crippen molar-refractivity contribution in [2.75, 3.05) is 7.11 Å². The van der Waals surface area contributed by atoms with Crippen molar-refractivity contribution in [1.82, 2.24) is 4.98 Å². The molecule has 0 atom stereocenters. The number of benzene rings is 2. The SMILES string of the molecule is COc1cccc(-c2nc(-c3ccc(C)cc3)c(C#N)cc2CO)c1. The second kappa shape index (κ2) is 7.16. The number of nitriles is 1. The number of ether oxygens (including phenoxy) is 1. The van der Waals surface area contributed by atoms with Gasteiger partial charge in [-0.05, 0) is 25.1 Å². The average Bonchev–Trinajstić information content (AvgIpc) is 2.67. The molecule has 0 bridgehead atoms. The van der Waals surface area contributed by atoms with Crippen LogP contribution in [0.3, 0.4) is 0 Å². The fraction of sp³-hybridized carbons (Fsp3) is 0.143. The van der Waals surface area contributed by atoms with Crippen LogP contribution in [0.5, 0.6) is 5.75 Å². The van der Waals surface area contributed by atoms with Gasteiger partial charge in [0.15, 0.2) is 0 Å². The largest absolute Gasteiger partial charge is 0.497 e. The van der Waals surface area contributed by atoms with E-state index >= 15 is 0 Å². The number of pyridine rings is 1. The van der Waals surface area contributed by atoms with Crippen molar-refractivity contribution >= 4 is 0 Å². The van der Waals surface area contributed by atoms with Crippen LogP contribution in [0.25, 0.3) is 22.5 Å². The molecule has 0 radical (unpaired) electrons. The fourth-order valence-corrected chi connectivity index (χ4v) is 2.71. The number of aromatic nitrogens is 1. The van der Waals surface area contributed by atoms with Gasteiger partial charge in [-0.25, -0.2) is 4.98 Å². The molecule has 0 amide bonds. The van der Waals surface area contributed by atoms with E-state index in [1.54, 1.807) is 13.2 Å². The van der Waals surface area contributed by atoms with Gasteiger partial charge in [0.2, 0.25) is 0 Å². The summed E-state index contributed by atoms with van der Waals surface area (Å²) in [6.07, 6.45) is 0. The summed E-state index contributed by atoms with van der Waals surface area (Å²) in [6.45, 7) is 1.82. The predicted octanol–water partition coefficient (Wildman–Crippen LogP) is 4.10. The first-order valence-electron chi connectivity index (χ1n) is 7.92. The Bertz CT molecular complexity index is 941. The summed E-state index contributed by atoms with van der Waals surface area (Å²) in [7, 11) is 1.61. The highest BCUT2D eigenvalue weighted by Gasteiger charge is 2.15. The van der Waals surface area contributed by atoms with Gasteiger partial charge >= 0.3 is 0 Å². The molecule has 0 aliphatic carbocycles. The molecule has 124 valence electrons. The van der Waals surface area contributed by atoms with E-state index in [1.807, 2.05) is 55.5 Å². The van der Waals surface area contributed by atoms with E-state index in [-0.39, 0.29) is 6.61 Å². The zero-order chi connectivity index (χ0) is 17.8. The lowest BCUT2D eigenvalue weighted by atomic mass is 9.99. The lowest BCUT2D eigenvalue weighted by molar-refractivity contribution is 0.282. The van der Waals surface area contributed by atoms with E-state index < -0.39 is 0 Å². The Hall–Kier alpha value is -3.16. The summed E-state index contributed by atoms with van der Waals surface area (Å²) < 4.78 is 5.28. The fourth-order valence-electron chi connectivity index (χ4n) is 2.71. The minimum Gasteiger partial charge on any atom is -0.497 e. The van der Waals surface area contributed by atoms with E-state index in [1.165, 1.54) is 0 Å². The van der Waals surface area contributed by atoms with Crippen LogP contribution in [0.1, 0.15) is 16.7 Å². The number of aliphatic hydroxyl groups excluding tert-OH is 1. The maximum Gasteiger partial charge on any atom is 0.119 e. The molecule has 0 fully saturated rings. The molecule has 2 aromatic carbocycles. The van der Waals surface area contributed by atoms with Crippen LogP contribution in [0.4, 0.5) is 0 Å². The van der Waals surface area contributed by atoms with Gasteiger partial charge in [-0.3, -0.25) is 0 Å². The normalized spacial score (nSPS) is 10.3. The zero-order valence-electron chi connectivity index (χ0n) is 14.2. The van der Waals surface area contributed by atoms with Gasteiger partial charge in [-0.2, -0.15) is 5.26 Å². The topological polar surface area (TPSA) is 66.1 Å².